The number of benzene rings is 3. The van der Waals surface area contributed by atoms with E-state index in [1.165, 1.54) is 49.5 Å². The van der Waals surface area contributed by atoms with E-state index in [4.69, 9.17) is 9.47 Å². The highest BCUT2D eigenvalue weighted by molar-refractivity contribution is 7.92. The van der Waals surface area contributed by atoms with Crippen LogP contribution in [-0.2, 0) is 26.2 Å². The minimum Gasteiger partial charge on any atom is -0.493 e. The van der Waals surface area contributed by atoms with Crippen LogP contribution >= 0.6 is 0 Å². The van der Waals surface area contributed by atoms with Gasteiger partial charge in [0.15, 0.2) is 11.5 Å². The quantitative estimate of drug-likeness (QED) is 0.320. The number of rotatable bonds is 13. The number of carbonyl (C=O) groups is 2. The summed E-state index contributed by atoms with van der Waals surface area (Å²) in [6.45, 7) is 4.82. The molecule has 0 fully saturated rings. The van der Waals surface area contributed by atoms with Gasteiger partial charge in [-0.05, 0) is 62.2 Å². The maximum atomic E-state index is 14.0. The predicted octanol–water partition coefficient (Wildman–Crippen LogP) is 4.37. The molecule has 41 heavy (non-hydrogen) atoms. The molecule has 220 valence electrons. The van der Waals surface area contributed by atoms with Gasteiger partial charge in [-0.2, -0.15) is 0 Å². The molecule has 11 heteroatoms. The Hall–Kier alpha value is -4.12. The second kappa shape index (κ2) is 14.0. The van der Waals surface area contributed by atoms with E-state index < -0.39 is 34.3 Å². The number of anilines is 1. The first-order valence-corrected chi connectivity index (χ1v) is 14.6. The SMILES string of the molecule is CCC(C)NC(=O)C(C)N(Cc1ccccc1)C(=O)CN(c1ccc(F)cc1)S(=O)(=O)c1ccc(OC)c(OC)c1. The summed E-state index contributed by atoms with van der Waals surface area (Å²) in [4.78, 5) is 28.2. The van der Waals surface area contributed by atoms with Gasteiger partial charge in [0.05, 0.1) is 24.8 Å². The summed E-state index contributed by atoms with van der Waals surface area (Å²) in [6.07, 6.45) is 0.701. The Kier molecular flexibility index (Phi) is 10.7. The molecular formula is C30H36FN3O6S. The normalized spacial score (nSPS) is 12.6. The zero-order valence-corrected chi connectivity index (χ0v) is 24.7. The zero-order valence-electron chi connectivity index (χ0n) is 23.8. The van der Waals surface area contributed by atoms with Gasteiger partial charge in [-0.1, -0.05) is 37.3 Å². The molecule has 0 aliphatic rings. The van der Waals surface area contributed by atoms with Crippen molar-refractivity contribution in [3.05, 3.63) is 84.2 Å². The summed E-state index contributed by atoms with van der Waals surface area (Å²) in [5, 5.41) is 2.89. The predicted molar refractivity (Wildman–Crippen MR) is 155 cm³/mol. The Bertz CT molecular complexity index is 1430. The van der Waals surface area contributed by atoms with Gasteiger partial charge in [-0.25, -0.2) is 12.8 Å². The fraction of sp³-hybridized carbons (Fsp3) is 0.333. The van der Waals surface area contributed by atoms with Crippen LogP contribution in [0.2, 0.25) is 0 Å². The lowest BCUT2D eigenvalue weighted by atomic mass is 10.1. The number of nitrogens with zero attached hydrogens (tertiary/aromatic N) is 2. The summed E-state index contributed by atoms with van der Waals surface area (Å²) in [5.74, 6) is -1.04. The van der Waals surface area contributed by atoms with E-state index in [9.17, 15) is 22.4 Å². The van der Waals surface area contributed by atoms with Crippen LogP contribution in [0, 0.1) is 5.82 Å². The molecule has 1 N–H and O–H groups in total. The van der Waals surface area contributed by atoms with Gasteiger partial charge < -0.3 is 19.7 Å². The van der Waals surface area contributed by atoms with Crippen LogP contribution in [0.5, 0.6) is 11.5 Å². The second-order valence-corrected chi connectivity index (χ2v) is 11.4. The molecule has 0 saturated heterocycles. The van der Waals surface area contributed by atoms with Crippen molar-refractivity contribution in [3.8, 4) is 11.5 Å². The summed E-state index contributed by atoms with van der Waals surface area (Å²) in [6, 6.07) is 16.9. The first kappa shape index (κ1) is 31.4. The third kappa shape index (κ3) is 7.75. The standard InChI is InChI=1S/C30H36FN3O6S/c1-6-21(2)32-30(36)22(3)33(19-23-10-8-7-9-11-23)29(35)20-34(25-14-12-24(31)13-15-25)41(37,38)26-16-17-27(39-4)28(18-26)40-5/h7-18,21-22H,6,19-20H2,1-5H3,(H,32,36). The molecule has 0 bridgehead atoms. The van der Waals surface area contributed by atoms with Crippen LogP contribution in [0.25, 0.3) is 0 Å². The number of methoxy groups -OCH3 is 2. The molecule has 3 rings (SSSR count). The Morgan fingerprint density at radius 2 is 1.56 bits per heavy atom. The van der Waals surface area contributed by atoms with E-state index in [-0.39, 0.29) is 34.8 Å². The smallest absolute Gasteiger partial charge is 0.264 e. The van der Waals surface area contributed by atoms with Crippen molar-refractivity contribution in [3.63, 3.8) is 0 Å². The highest BCUT2D eigenvalue weighted by Gasteiger charge is 2.33. The fourth-order valence-electron chi connectivity index (χ4n) is 4.07. The van der Waals surface area contributed by atoms with Gasteiger partial charge in [-0.3, -0.25) is 13.9 Å². The summed E-state index contributed by atoms with van der Waals surface area (Å²) in [7, 11) is -1.56. The lowest BCUT2D eigenvalue weighted by Crippen LogP contribution is -2.52. The lowest BCUT2D eigenvalue weighted by molar-refractivity contribution is -0.139. The molecule has 0 heterocycles. The number of ether oxygens (including phenoxy) is 2. The van der Waals surface area contributed by atoms with Gasteiger partial charge in [0.2, 0.25) is 11.8 Å². The van der Waals surface area contributed by atoms with Gasteiger partial charge in [0.1, 0.15) is 18.4 Å². The first-order chi connectivity index (χ1) is 19.5. The Balaban J connectivity index is 2.05. The van der Waals surface area contributed by atoms with Crippen LogP contribution < -0.4 is 19.1 Å². The van der Waals surface area contributed by atoms with E-state index in [1.54, 1.807) is 6.92 Å². The summed E-state index contributed by atoms with van der Waals surface area (Å²) in [5.41, 5.74) is 0.839. The molecule has 2 amide bonds. The van der Waals surface area contributed by atoms with Crippen molar-refractivity contribution in [2.24, 2.45) is 0 Å². The van der Waals surface area contributed by atoms with E-state index in [0.29, 0.717) is 12.2 Å². The maximum absolute atomic E-state index is 14.0. The number of amides is 2. The van der Waals surface area contributed by atoms with Crippen LogP contribution in [0.3, 0.4) is 0 Å². The lowest BCUT2D eigenvalue weighted by Gasteiger charge is -2.32. The van der Waals surface area contributed by atoms with Crippen molar-refractivity contribution >= 4 is 27.5 Å². The first-order valence-electron chi connectivity index (χ1n) is 13.2. The second-order valence-electron chi connectivity index (χ2n) is 9.51. The topological polar surface area (TPSA) is 105 Å². The molecule has 0 aliphatic heterocycles. The van der Waals surface area contributed by atoms with Crippen molar-refractivity contribution in [1.82, 2.24) is 10.2 Å². The molecular weight excluding hydrogens is 549 g/mol. The van der Waals surface area contributed by atoms with Crippen LogP contribution in [-0.4, -0.2) is 58.0 Å². The van der Waals surface area contributed by atoms with Crippen LogP contribution in [0.15, 0.2) is 77.7 Å². The highest BCUT2D eigenvalue weighted by atomic mass is 32.2. The number of sulfonamides is 1. The fourth-order valence-corrected chi connectivity index (χ4v) is 5.50. The number of halogens is 1. The highest BCUT2D eigenvalue weighted by Crippen LogP contribution is 2.32. The molecule has 0 spiro atoms. The minimum atomic E-state index is -4.37. The minimum absolute atomic E-state index is 0.0719. The average Bonchev–Trinajstić information content (AvgIpc) is 2.98. The molecule has 0 radical (unpaired) electrons. The van der Waals surface area contributed by atoms with Gasteiger partial charge in [0, 0.05) is 18.7 Å². The maximum Gasteiger partial charge on any atom is 0.264 e. The molecule has 9 nitrogen and oxygen atoms in total. The average molecular weight is 586 g/mol. The molecule has 0 aliphatic carbocycles. The van der Waals surface area contributed by atoms with Crippen molar-refractivity contribution < 1.29 is 31.9 Å². The number of hydrogen-bond donors (Lipinski definition) is 1. The Labute approximate surface area is 240 Å². The van der Waals surface area contributed by atoms with Gasteiger partial charge in [0.25, 0.3) is 10.0 Å². The summed E-state index contributed by atoms with van der Waals surface area (Å²) < 4.78 is 53.1. The monoisotopic (exact) mass is 585 g/mol. The third-order valence-electron chi connectivity index (χ3n) is 6.70. The van der Waals surface area contributed by atoms with Gasteiger partial charge >= 0.3 is 0 Å². The van der Waals surface area contributed by atoms with E-state index >= 15 is 0 Å². The molecule has 3 aromatic carbocycles. The van der Waals surface area contributed by atoms with Crippen molar-refractivity contribution in [1.29, 1.82) is 0 Å². The Morgan fingerprint density at radius 3 is 2.15 bits per heavy atom. The van der Waals surface area contributed by atoms with E-state index in [2.05, 4.69) is 5.32 Å². The van der Waals surface area contributed by atoms with Crippen molar-refractivity contribution in [2.75, 3.05) is 25.1 Å². The molecule has 0 aromatic heterocycles. The molecule has 2 atom stereocenters. The Morgan fingerprint density at radius 1 is 0.927 bits per heavy atom. The largest absolute Gasteiger partial charge is 0.493 e. The van der Waals surface area contributed by atoms with E-state index in [0.717, 1.165) is 22.0 Å². The number of nitrogens with one attached hydrogen (secondary N) is 1. The molecule has 3 aromatic rings. The molecule has 2 unspecified atom stereocenters. The summed E-state index contributed by atoms with van der Waals surface area (Å²) >= 11 is 0. The van der Waals surface area contributed by atoms with Gasteiger partial charge in [-0.15, -0.1) is 0 Å². The third-order valence-corrected chi connectivity index (χ3v) is 8.47. The number of hydrogen-bond acceptors (Lipinski definition) is 6. The van der Waals surface area contributed by atoms with Crippen LogP contribution in [0.4, 0.5) is 10.1 Å². The number of carbonyl (C=O) groups excluding carboxylic acids is 2. The van der Waals surface area contributed by atoms with E-state index in [1.807, 2.05) is 44.2 Å². The van der Waals surface area contributed by atoms with Crippen molar-refractivity contribution in [2.45, 2.75) is 50.7 Å². The zero-order chi connectivity index (χ0) is 30.2. The van der Waals surface area contributed by atoms with Crippen LogP contribution in [0.1, 0.15) is 32.8 Å². The molecule has 0 saturated carbocycles.